The van der Waals surface area contributed by atoms with E-state index >= 15 is 0 Å². The van der Waals surface area contributed by atoms with E-state index in [-0.39, 0.29) is 31.1 Å². The Kier molecular flexibility index (Phi) is 16.0. The van der Waals surface area contributed by atoms with E-state index < -0.39 is 71.8 Å². The van der Waals surface area contributed by atoms with Gasteiger partial charge < -0.3 is 35.5 Å². The number of amides is 4. The first-order valence-corrected chi connectivity index (χ1v) is 20.7. The molecule has 1 fully saturated rings. The zero-order chi connectivity index (χ0) is 43.2. The van der Waals surface area contributed by atoms with Crippen LogP contribution in [0.2, 0.25) is 0 Å². The Bertz CT molecular complexity index is 1990. The number of benzene rings is 3. The molecule has 4 atom stereocenters. The van der Waals surface area contributed by atoms with Crippen LogP contribution in [0.15, 0.2) is 78.9 Å². The molecule has 0 spiro atoms. The molecule has 3 aromatic rings. The van der Waals surface area contributed by atoms with Crippen molar-refractivity contribution in [2.45, 2.75) is 122 Å². The van der Waals surface area contributed by atoms with Crippen molar-refractivity contribution in [3.63, 3.8) is 0 Å². The third-order valence-electron chi connectivity index (χ3n) is 10.3. The molecule has 1 saturated carbocycles. The highest BCUT2D eigenvalue weighted by molar-refractivity contribution is 6.38. The zero-order valence-corrected chi connectivity index (χ0v) is 34.8. The van der Waals surface area contributed by atoms with Crippen molar-refractivity contribution >= 4 is 41.4 Å². The summed E-state index contributed by atoms with van der Waals surface area (Å²) in [6.07, 6.45) is 3.61. The van der Waals surface area contributed by atoms with Crippen LogP contribution >= 0.6 is 0 Å². The van der Waals surface area contributed by atoms with Gasteiger partial charge in [0, 0.05) is 12.8 Å². The maximum Gasteiger partial charge on any atom is 0.333 e. The van der Waals surface area contributed by atoms with Crippen LogP contribution in [-0.4, -0.2) is 71.7 Å². The fourth-order valence-electron chi connectivity index (χ4n) is 7.28. The van der Waals surface area contributed by atoms with Gasteiger partial charge in [0.05, 0.1) is 12.6 Å². The predicted octanol–water partition coefficient (Wildman–Crippen LogP) is 5.11. The molecule has 0 aromatic heterocycles. The minimum atomic E-state index is -1.46. The van der Waals surface area contributed by atoms with Crippen molar-refractivity contribution in [3.8, 4) is 11.5 Å². The summed E-state index contributed by atoms with van der Waals surface area (Å²) in [6.45, 7) is 6.20. The summed E-state index contributed by atoms with van der Waals surface area (Å²) in [5.74, 6) is -4.69. The van der Waals surface area contributed by atoms with Crippen LogP contribution in [0.1, 0.15) is 102 Å². The van der Waals surface area contributed by atoms with E-state index in [0.29, 0.717) is 48.3 Å². The molecule has 2 heterocycles. The van der Waals surface area contributed by atoms with Crippen molar-refractivity contribution in [1.29, 1.82) is 0 Å². The molecule has 0 saturated heterocycles. The van der Waals surface area contributed by atoms with E-state index in [0.717, 1.165) is 24.8 Å². The topological polar surface area (TPSA) is 195 Å². The van der Waals surface area contributed by atoms with Gasteiger partial charge in [0.2, 0.25) is 17.6 Å². The standard InChI is InChI=1S/C46H56N4O10/c1-5-13-35(41(53)43(55)47-28-38(52)50-40(32-17-10-7-11-18-32)45(57)60-46(2,3)4)48-42(54)36-27-30-14-12-19-34(26-30)58-33-23-20-29(21-24-33)22-25-37(51)49-39(44(56)59-36)31-15-8-6-9-16-31/h7,10-12,14,17-21,23-24,26,31,35-36,39-40H,5-6,8-9,13,15-16,22,25,27-28H2,1-4H3,(H,47,55)(H,48,54)(H,49,51)(H,50,52). The van der Waals surface area contributed by atoms with Gasteiger partial charge >= 0.3 is 11.9 Å². The number of fused-ring (bicyclic) bond motifs is 10. The van der Waals surface area contributed by atoms with Crippen LogP contribution in [0.3, 0.4) is 0 Å². The second kappa shape index (κ2) is 21.3. The van der Waals surface area contributed by atoms with Gasteiger partial charge in [-0.3, -0.25) is 24.0 Å². The third kappa shape index (κ3) is 13.5. The molecule has 4 amide bonds. The average molecular weight is 825 g/mol. The van der Waals surface area contributed by atoms with Crippen LogP contribution < -0.4 is 26.0 Å². The molecule has 3 aliphatic rings. The van der Waals surface area contributed by atoms with Crippen molar-refractivity contribution in [3.05, 3.63) is 95.6 Å². The van der Waals surface area contributed by atoms with Crippen LogP contribution in [-0.2, 0) is 55.9 Å². The molecule has 4 N–H and O–H groups in total. The lowest BCUT2D eigenvalue weighted by atomic mass is 9.83. The lowest BCUT2D eigenvalue weighted by Crippen LogP contribution is -2.53. The van der Waals surface area contributed by atoms with E-state index in [4.69, 9.17) is 14.2 Å². The Hall–Kier alpha value is -6.05. The monoisotopic (exact) mass is 824 g/mol. The second-order valence-electron chi connectivity index (χ2n) is 16.3. The molecule has 60 heavy (non-hydrogen) atoms. The van der Waals surface area contributed by atoms with Crippen LogP contribution in [0.25, 0.3) is 0 Å². The van der Waals surface area contributed by atoms with Crippen LogP contribution in [0.5, 0.6) is 11.5 Å². The smallest absolute Gasteiger partial charge is 0.333 e. The van der Waals surface area contributed by atoms with Gasteiger partial charge in [0.1, 0.15) is 23.1 Å². The lowest BCUT2D eigenvalue weighted by Gasteiger charge is -2.31. The number of aryl methyl sites for hydroxylation is 1. The van der Waals surface area contributed by atoms with Gasteiger partial charge in [0.15, 0.2) is 12.1 Å². The molecule has 6 rings (SSSR count). The van der Waals surface area contributed by atoms with Gasteiger partial charge in [-0.15, -0.1) is 0 Å². The van der Waals surface area contributed by atoms with Crippen molar-refractivity contribution in [2.24, 2.45) is 5.92 Å². The van der Waals surface area contributed by atoms with Crippen LogP contribution in [0.4, 0.5) is 0 Å². The molecule has 0 radical (unpaired) electrons. The normalized spacial score (nSPS) is 18.6. The fourth-order valence-corrected chi connectivity index (χ4v) is 7.28. The summed E-state index contributed by atoms with van der Waals surface area (Å²) in [5.41, 5.74) is 1.13. The number of hydrogen-bond donors (Lipinski definition) is 4. The summed E-state index contributed by atoms with van der Waals surface area (Å²) >= 11 is 0. The zero-order valence-electron chi connectivity index (χ0n) is 34.8. The molecular formula is C46H56N4O10. The summed E-state index contributed by atoms with van der Waals surface area (Å²) in [6, 6.07) is 19.3. The van der Waals surface area contributed by atoms with Gasteiger partial charge in [0.25, 0.3) is 11.8 Å². The summed E-state index contributed by atoms with van der Waals surface area (Å²) in [5, 5.41) is 10.4. The van der Waals surface area contributed by atoms with E-state index in [1.807, 2.05) is 24.3 Å². The van der Waals surface area contributed by atoms with Gasteiger partial charge in [-0.05, 0) is 93.3 Å². The Morgan fingerprint density at radius 1 is 0.833 bits per heavy atom. The number of nitrogens with one attached hydrogen (secondary N) is 4. The lowest BCUT2D eigenvalue weighted by molar-refractivity contribution is -0.160. The number of carbonyl (C=O) groups is 7. The average Bonchev–Trinajstić information content (AvgIpc) is 3.22. The molecule has 3 aromatic carbocycles. The second-order valence-corrected chi connectivity index (χ2v) is 16.3. The molecule has 14 nitrogen and oxygen atoms in total. The van der Waals surface area contributed by atoms with Crippen molar-refractivity contribution in [1.82, 2.24) is 21.3 Å². The molecule has 320 valence electrons. The van der Waals surface area contributed by atoms with E-state index in [2.05, 4.69) is 21.3 Å². The van der Waals surface area contributed by atoms with Crippen molar-refractivity contribution < 1.29 is 47.8 Å². The molecule has 4 unspecified atom stereocenters. The number of Topliss-reactive ketones (excluding diaryl/α,β-unsaturated/α-hetero) is 1. The van der Waals surface area contributed by atoms with Crippen LogP contribution in [0, 0.1) is 5.92 Å². The first-order valence-electron chi connectivity index (χ1n) is 20.7. The first kappa shape index (κ1) is 45.0. The van der Waals surface area contributed by atoms with E-state index in [1.165, 1.54) is 0 Å². The number of esters is 2. The third-order valence-corrected chi connectivity index (χ3v) is 10.3. The van der Waals surface area contributed by atoms with Gasteiger partial charge in [-0.2, -0.15) is 0 Å². The summed E-state index contributed by atoms with van der Waals surface area (Å²) in [7, 11) is 0. The Balaban J connectivity index is 1.32. The molecule has 14 heteroatoms. The van der Waals surface area contributed by atoms with Crippen molar-refractivity contribution in [2.75, 3.05) is 6.54 Å². The number of carbonyl (C=O) groups excluding carboxylic acids is 7. The summed E-state index contributed by atoms with van der Waals surface area (Å²) in [4.78, 5) is 94.4. The minimum Gasteiger partial charge on any atom is -0.458 e. The number of rotatable bonds is 12. The highest BCUT2D eigenvalue weighted by atomic mass is 16.6. The van der Waals surface area contributed by atoms with Gasteiger partial charge in [-0.1, -0.05) is 87.2 Å². The molecular weight excluding hydrogens is 769 g/mol. The van der Waals surface area contributed by atoms with Gasteiger partial charge in [-0.25, -0.2) is 9.59 Å². The van der Waals surface area contributed by atoms with E-state index in [9.17, 15) is 33.6 Å². The highest BCUT2D eigenvalue weighted by Gasteiger charge is 2.37. The Labute approximate surface area is 350 Å². The largest absolute Gasteiger partial charge is 0.458 e. The Morgan fingerprint density at radius 2 is 1.55 bits per heavy atom. The molecule has 2 aliphatic heterocycles. The number of ether oxygens (including phenoxy) is 3. The maximum atomic E-state index is 14.1. The van der Waals surface area contributed by atoms with E-state index in [1.54, 1.807) is 82.3 Å². The molecule has 1 aliphatic carbocycles. The highest BCUT2D eigenvalue weighted by Crippen LogP contribution is 2.29. The summed E-state index contributed by atoms with van der Waals surface area (Å²) < 4.78 is 17.6. The molecule has 4 bridgehead atoms. The minimum absolute atomic E-state index is 0.0579. The Morgan fingerprint density at radius 3 is 2.23 bits per heavy atom. The fraction of sp³-hybridized carbons (Fsp3) is 0.457. The number of hydrogen-bond acceptors (Lipinski definition) is 10. The maximum absolute atomic E-state index is 14.1. The quantitative estimate of drug-likeness (QED) is 0.141. The SMILES string of the molecule is CCCC(NC(=O)C1Cc2cccc(c2)Oc2ccc(cc2)CCC(=O)NC(C2CCCCC2)C(=O)O1)C(=O)C(=O)NCC(=O)NC(C(=O)OC(C)(C)C)c1ccccc1. The first-order chi connectivity index (χ1) is 28.7. The number of ketones is 1. The predicted molar refractivity (Wildman–Crippen MR) is 221 cm³/mol.